The fourth-order valence-electron chi connectivity index (χ4n) is 2.16. The van der Waals surface area contributed by atoms with E-state index in [0.29, 0.717) is 18.9 Å². The minimum atomic E-state index is -0.112. The van der Waals surface area contributed by atoms with Gasteiger partial charge in [0, 0.05) is 13.0 Å². The Morgan fingerprint density at radius 1 is 1.06 bits per heavy atom. The molecule has 0 aromatic carbocycles. The molecule has 0 aliphatic heterocycles. The summed E-state index contributed by atoms with van der Waals surface area (Å²) < 4.78 is 0. The van der Waals surface area contributed by atoms with Crippen LogP contribution in [0.15, 0.2) is 0 Å². The van der Waals surface area contributed by atoms with Crippen molar-refractivity contribution in [2.24, 2.45) is 5.92 Å². The molecule has 1 rings (SSSR count). The Hall–Kier alpha value is -1.06. The van der Waals surface area contributed by atoms with Gasteiger partial charge in [-0.05, 0) is 25.7 Å². The molecule has 16 heavy (non-hydrogen) atoms. The Bertz CT molecular complexity index is 235. The van der Waals surface area contributed by atoms with Crippen LogP contribution in [0.2, 0.25) is 0 Å². The van der Waals surface area contributed by atoms with E-state index in [1.165, 1.54) is 19.3 Å². The maximum Gasteiger partial charge on any atom is 0.239 e. The van der Waals surface area contributed by atoms with Gasteiger partial charge in [0.25, 0.3) is 0 Å². The normalized spacial score (nSPS) is 16.8. The summed E-state index contributed by atoms with van der Waals surface area (Å²) in [7, 11) is 0. The van der Waals surface area contributed by atoms with Crippen LogP contribution < -0.4 is 10.6 Å². The first kappa shape index (κ1) is 13.0. The quantitative estimate of drug-likeness (QED) is 0.740. The first-order valence-electron chi connectivity index (χ1n) is 6.25. The van der Waals surface area contributed by atoms with Crippen molar-refractivity contribution in [1.82, 2.24) is 10.6 Å². The molecule has 1 aliphatic carbocycles. The molecule has 0 unspecified atom stereocenters. The molecule has 4 nitrogen and oxygen atoms in total. The summed E-state index contributed by atoms with van der Waals surface area (Å²) in [6.45, 7) is 2.58. The van der Waals surface area contributed by atoms with Gasteiger partial charge in [0.15, 0.2) is 0 Å². The summed E-state index contributed by atoms with van der Waals surface area (Å²) in [6.07, 6.45) is 6.70. The zero-order chi connectivity index (χ0) is 11.8. The van der Waals surface area contributed by atoms with Gasteiger partial charge in [-0.1, -0.05) is 19.3 Å². The van der Waals surface area contributed by atoms with Gasteiger partial charge in [-0.15, -0.1) is 0 Å². The fraction of sp³-hybridized carbons (Fsp3) is 0.833. The maximum atomic E-state index is 11.5. The van der Waals surface area contributed by atoms with E-state index in [9.17, 15) is 9.59 Å². The van der Waals surface area contributed by atoms with E-state index in [2.05, 4.69) is 10.6 Å². The third-order valence-corrected chi connectivity index (χ3v) is 3.02. The van der Waals surface area contributed by atoms with Crippen LogP contribution in [-0.4, -0.2) is 24.9 Å². The summed E-state index contributed by atoms with van der Waals surface area (Å²) in [6, 6.07) is 0. The Balaban J connectivity index is 2.12. The number of nitrogens with one attached hydrogen (secondary N) is 2. The van der Waals surface area contributed by atoms with Gasteiger partial charge in [-0.3, -0.25) is 9.59 Å². The number of carbonyl (C=O) groups is 2. The standard InChI is InChI=1S/C12H22N2O2/c1-2-13-12(16)9-14-11(15)8-10-6-4-3-5-7-10/h10H,2-9H2,1H3,(H,13,16)(H,14,15). The highest BCUT2D eigenvalue weighted by atomic mass is 16.2. The fourth-order valence-corrected chi connectivity index (χ4v) is 2.16. The van der Waals surface area contributed by atoms with Crippen molar-refractivity contribution in [3.63, 3.8) is 0 Å². The summed E-state index contributed by atoms with van der Waals surface area (Å²) in [4.78, 5) is 22.6. The van der Waals surface area contributed by atoms with Gasteiger partial charge in [0.05, 0.1) is 6.54 Å². The van der Waals surface area contributed by atoms with Gasteiger partial charge in [-0.25, -0.2) is 0 Å². The summed E-state index contributed by atoms with van der Waals surface area (Å²) in [5.74, 6) is 0.431. The third-order valence-electron chi connectivity index (χ3n) is 3.02. The SMILES string of the molecule is CCNC(=O)CNC(=O)CC1CCCCC1. The molecule has 2 amide bonds. The lowest BCUT2D eigenvalue weighted by Gasteiger charge is -2.20. The summed E-state index contributed by atoms with van der Waals surface area (Å²) >= 11 is 0. The summed E-state index contributed by atoms with van der Waals surface area (Å²) in [5, 5.41) is 5.31. The molecule has 0 saturated heterocycles. The molecule has 1 fully saturated rings. The van der Waals surface area contributed by atoms with Gasteiger partial charge in [0.2, 0.25) is 11.8 Å². The van der Waals surface area contributed by atoms with Crippen molar-refractivity contribution in [3.05, 3.63) is 0 Å². The molecule has 4 heteroatoms. The molecular formula is C12H22N2O2. The number of hydrogen-bond donors (Lipinski definition) is 2. The molecule has 2 N–H and O–H groups in total. The molecule has 0 bridgehead atoms. The van der Waals surface area contributed by atoms with Crippen molar-refractivity contribution in [1.29, 1.82) is 0 Å². The number of carbonyl (C=O) groups excluding carboxylic acids is 2. The highest BCUT2D eigenvalue weighted by Gasteiger charge is 2.17. The second-order valence-corrected chi connectivity index (χ2v) is 4.44. The predicted molar refractivity (Wildman–Crippen MR) is 62.9 cm³/mol. The van der Waals surface area contributed by atoms with Gasteiger partial charge < -0.3 is 10.6 Å². The van der Waals surface area contributed by atoms with Gasteiger partial charge in [-0.2, -0.15) is 0 Å². The molecule has 0 aromatic rings. The highest BCUT2D eigenvalue weighted by Crippen LogP contribution is 2.25. The minimum Gasteiger partial charge on any atom is -0.355 e. The molecule has 0 aromatic heterocycles. The monoisotopic (exact) mass is 226 g/mol. The van der Waals surface area contributed by atoms with Crippen LogP contribution in [-0.2, 0) is 9.59 Å². The Labute approximate surface area is 97.2 Å². The van der Waals surface area contributed by atoms with E-state index in [-0.39, 0.29) is 18.4 Å². The van der Waals surface area contributed by atoms with E-state index >= 15 is 0 Å². The molecular weight excluding hydrogens is 204 g/mol. The second-order valence-electron chi connectivity index (χ2n) is 4.44. The first-order chi connectivity index (χ1) is 7.72. The molecule has 0 radical (unpaired) electrons. The zero-order valence-electron chi connectivity index (χ0n) is 10.1. The van der Waals surface area contributed by atoms with E-state index in [1.54, 1.807) is 0 Å². The van der Waals surface area contributed by atoms with Crippen LogP contribution in [0.5, 0.6) is 0 Å². The van der Waals surface area contributed by atoms with Crippen LogP contribution in [0.1, 0.15) is 45.4 Å². The number of rotatable bonds is 5. The van der Waals surface area contributed by atoms with Crippen LogP contribution in [0, 0.1) is 5.92 Å². The van der Waals surface area contributed by atoms with E-state index < -0.39 is 0 Å². The van der Waals surface area contributed by atoms with Crippen molar-refractivity contribution in [3.8, 4) is 0 Å². The predicted octanol–water partition coefficient (Wildman–Crippen LogP) is 1.21. The topological polar surface area (TPSA) is 58.2 Å². The van der Waals surface area contributed by atoms with E-state index in [0.717, 1.165) is 12.8 Å². The van der Waals surface area contributed by atoms with Crippen molar-refractivity contribution in [2.45, 2.75) is 45.4 Å². The van der Waals surface area contributed by atoms with Crippen molar-refractivity contribution >= 4 is 11.8 Å². The lowest BCUT2D eigenvalue weighted by atomic mass is 9.87. The number of hydrogen-bond acceptors (Lipinski definition) is 2. The molecule has 0 heterocycles. The summed E-state index contributed by atoms with van der Waals surface area (Å²) in [5.41, 5.74) is 0. The lowest BCUT2D eigenvalue weighted by molar-refractivity contribution is -0.126. The largest absolute Gasteiger partial charge is 0.355 e. The van der Waals surface area contributed by atoms with Crippen LogP contribution in [0.25, 0.3) is 0 Å². The van der Waals surface area contributed by atoms with E-state index in [4.69, 9.17) is 0 Å². The molecule has 1 saturated carbocycles. The Morgan fingerprint density at radius 2 is 1.75 bits per heavy atom. The zero-order valence-corrected chi connectivity index (χ0v) is 10.1. The second kappa shape index (κ2) is 7.25. The highest BCUT2D eigenvalue weighted by molar-refractivity contribution is 5.84. The van der Waals surface area contributed by atoms with Gasteiger partial charge >= 0.3 is 0 Å². The molecule has 0 atom stereocenters. The van der Waals surface area contributed by atoms with Crippen molar-refractivity contribution in [2.75, 3.05) is 13.1 Å². The minimum absolute atomic E-state index is 0.0122. The molecule has 0 spiro atoms. The van der Waals surface area contributed by atoms with Crippen molar-refractivity contribution < 1.29 is 9.59 Å². The van der Waals surface area contributed by atoms with Crippen LogP contribution >= 0.6 is 0 Å². The van der Waals surface area contributed by atoms with Crippen LogP contribution in [0.3, 0.4) is 0 Å². The van der Waals surface area contributed by atoms with Gasteiger partial charge in [0.1, 0.15) is 0 Å². The first-order valence-corrected chi connectivity index (χ1v) is 6.25. The Morgan fingerprint density at radius 3 is 2.38 bits per heavy atom. The molecule has 92 valence electrons. The maximum absolute atomic E-state index is 11.5. The molecule has 1 aliphatic rings. The smallest absolute Gasteiger partial charge is 0.239 e. The van der Waals surface area contributed by atoms with Crippen LogP contribution in [0.4, 0.5) is 0 Å². The average molecular weight is 226 g/mol. The average Bonchev–Trinajstić information content (AvgIpc) is 2.28. The number of amides is 2. The third kappa shape index (κ3) is 5.14. The van der Waals surface area contributed by atoms with E-state index in [1.807, 2.05) is 6.92 Å². The lowest BCUT2D eigenvalue weighted by Crippen LogP contribution is -2.37. The Kier molecular flexibility index (Phi) is 5.90. The number of likely N-dealkylation sites (N-methyl/N-ethyl adjacent to an activating group) is 1.